The summed E-state index contributed by atoms with van der Waals surface area (Å²) < 4.78 is 2.08. The molecule has 0 unspecified atom stereocenters. The summed E-state index contributed by atoms with van der Waals surface area (Å²) in [6.45, 7) is 0. The first-order valence-electron chi connectivity index (χ1n) is 5.63. The third kappa shape index (κ3) is 2.58. The summed E-state index contributed by atoms with van der Waals surface area (Å²) in [4.78, 5) is 11.4. The third-order valence-electron chi connectivity index (χ3n) is 2.69. The second-order valence-corrected chi connectivity index (χ2v) is 6.61. The minimum absolute atomic E-state index is 0.0717. The molecule has 0 aromatic carbocycles. The summed E-state index contributed by atoms with van der Waals surface area (Å²) in [6, 6.07) is 0. The van der Waals surface area contributed by atoms with Crippen LogP contribution in [0, 0.1) is 0 Å². The maximum absolute atomic E-state index is 11.4. The van der Waals surface area contributed by atoms with Crippen LogP contribution in [0.3, 0.4) is 0 Å². The molecule has 1 heterocycles. The molecule has 1 aromatic heterocycles. The van der Waals surface area contributed by atoms with Gasteiger partial charge in [-0.25, -0.2) is 0 Å². The first-order chi connectivity index (χ1) is 8.09. The van der Waals surface area contributed by atoms with Crippen LogP contribution in [-0.4, -0.2) is 39.5 Å². The van der Waals surface area contributed by atoms with Gasteiger partial charge in [0.1, 0.15) is 0 Å². The molecular formula is C11H16N4OSe. The van der Waals surface area contributed by atoms with Gasteiger partial charge in [0.25, 0.3) is 0 Å². The van der Waals surface area contributed by atoms with Crippen molar-refractivity contribution < 1.29 is 4.79 Å². The predicted molar refractivity (Wildman–Crippen MR) is 66.7 cm³/mol. The van der Waals surface area contributed by atoms with Crippen LogP contribution in [0.5, 0.6) is 0 Å². The number of primary amides is 1. The molecule has 1 aromatic rings. The number of carbonyl (C=O) groups is 1. The molecule has 0 fully saturated rings. The van der Waals surface area contributed by atoms with E-state index in [-0.39, 0.29) is 20.4 Å². The summed E-state index contributed by atoms with van der Waals surface area (Å²) in [7, 11) is 3.62. The van der Waals surface area contributed by atoms with E-state index in [0.29, 0.717) is 4.44 Å². The Morgan fingerprint density at radius 1 is 1.35 bits per heavy atom. The number of fused-ring (bicyclic) bond motifs is 1. The van der Waals surface area contributed by atoms with E-state index in [1.807, 2.05) is 14.1 Å². The Kier molecular flexibility index (Phi) is 3.64. The fourth-order valence-corrected chi connectivity index (χ4v) is 4.42. The minimum atomic E-state index is -0.341. The molecule has 2 N–H and O–H groups in total. The summed E-state index contributed by atoms with van der Waals surface area (Å²) >= 11 is 0.0717. The normalized spacial score (nSPS) is 14.9. The van der Waals surface area contributed by atoms with E-state index in [0.717, 1.165) is 18.5 Å². The second-order valence-electron chi connectivity index (χ2n) is 4.29. The molecule has 2 rings (SSSR count). The molecule has 5 nitrogen and oxygen atoms in total. The first kappa shape index (κ1) is 12.3. The molecule has 0 bridgehead atoms. The van der Waals surface area contributed by atoms with Crippen LogP contribution in [0.4, 0.5) is 5.69 Å². The number of hydrogen-bond donors (Lipinski definition) is 1. The van der Waals surface area contributed by atoms with Crippen molar-refractivity contribution in [3.05, 3.63) is 14.4 Å². The van der Waals surface area contributed by atoms with Gasteiger partial charge in [0.05, 0.1) is 0 Å². The van der Waals surface area contributed by atoms with Gasteiger partial charge in [-0.05, 0) is 0 Å². The molecule has 17 heavy (non-hydrogen) atoms. The zero-order valence-corrected chi connectivity index (χ0v) is 11.8. The van der Waals surface area contributed by atoms with Gasteiger partial charge >= 0.3 is 106 Å². The van der Waals surface area contributed by atoms with Gasteiger partial charge in [-0.3, -0.25) is 0 Å². The van der Waals surface area contributed by atoms with Gasteiger partial charge in [0.15, 0.2) is 0 Å². The molecule has 0 saturated heterocycles. The van der Waals surface area contributed by atoms with Crippen molar-refractivity contribution >= 4 is 26.1 Å². The van der Waals surface area contributed by atoms with E-state index in [2.05, 4.69) is 10.3 Å². The zero-order chi connectivity index (χ0) is 12.4. The van der Waals surface area contributed by atoms with Crippen molar-refractivity contribution in [1.82, 2.24) is 5.01 Å². The molecule has 6 heteroatoms. The van der Waals surface area contributed by atoms with Crippen molar-refractivity contribution in [2.24, 2.45) is 16.1 Å². The molecule has 1 aliphatic carbocycles. The fourth-order valence-electron chi connectivity index (χ4n) is 1.96. The monoisotopic (exact) mass is 300 g/mol. The van der Waals surface area contributed by atoms with E-state index < -0.39 is 0 Å². The van der Waals surface area contributed by atoms with Crippen molar-refractivity contribution in [3.8, 4) is 0 Å². The third-order valence-corrected chi connectivity index (χ3v) is 5.41. The molecular weight excluding hydrogens is 283 g/mol. The summed E-state index contributed by atoms with van der Waals surface area (Å²) in [5.41, 5.74) is 7.41. The molecule has 0 radical (unpaired) electrons. The zero-order valence-electron chi connectivity index (χ0n) is 10.1. The summed E-state index contributed by atoms with van der Waals surface area (Å²) in [5, 5.41) is 9.82. The SMILES string of the molecule is CN(C)N=Nc1c(C(N)=O)[se]c2c1CCCC2. The van der Waals surface area contributed by atoms with Crippen molar-refractivity contribution in [2.45, 2.75) is 25.7 Å². The number of rotatable bonds is 3. The van der Waals surface area contributed by atoms with Crippen LogP contribution in [0.25, 0.3) is 0 Å². The average Bonchev–Trinajstić information content (AvgIpc) is 2.65. The Hall–Kier alpha value is -1.13. The van der Waals surface area contributed by atoms with Crippen LogP contribution in [0.1, 0.15) is 32.1 Å². The van der Waals surface area contributed by atoms with Gasteiger partial charge in [-0.1, -0.05) is 0 Å². The molecule has 0 spiro atoms. The number of aryl methyl sites for hydroxylation is 1. The van der Waals surface area contributed by atoms with E-state index in [1.165, 1.54) is 22.8 Å². The first-order valence-corrected chi connectivity index (χ1v) is 7.34. The Morgan fingerprint density at radius 2 is 2.06 bits per heavy atom. The van der Waals surface area contributed by atoms with Gasteiger partial charge in [-0.15, -0.1) is 0 Å². The summed E-state index contributed by atoms with van der Waals surface area (Å²) in [6.07, 6.45) is 4.48. The van der Waals surface area contributed by atoms with Crippen molar-refractivity contribution in [3.63, 3.8) is 0 Å². The van der Waals surface area contributed by atoms with Crippen LogP contribution >= 0.6 is 0 Å². The second kappa shape index (κ2) is 5.02. The van der Waals surface area contributed by atoms with Gasteiger partial charge < -0.3 is 0 Å². The number of carbonyl (C=O) groups excluding carboxylic acids is 1. The van der Waals surface area contributed by atoms with Crippen LogP contribution in [0.2, 0.25) is 0 Å². The van der Waals surface area contributed by atoms with Gasteiger partial charge in [-0.2, -0.15) is 0 Å². The molecule has 0 aliphatic heterocycles. The Morgan fingerprint density at radius 3 is 2.71 bits per heavy atom. The van der Waals surface area contributed by atoms with Gasteiger partial charge in [0, 0.05) is 0 Å². The summed E-state index contributed by atoms with van der Waals surface area (Å²) in [5.74, 6) is -0.341. The Balaban J connectivity index is 2.45. The Labute approximate surface area is 106 Å². The van der Waals surface area contributed by atoms with Crippen LogP contribution < -0.4 is 5.73 Å². The standard InChI is InChI=1S/C11H16N4OSe/c1-15(2)14-13-9-7-5-3-4-6-8(7)17-10(9)11(12)16/h3-6H2,1-2H3,(H2,12,16). The number of nitrogens with two attached hydrogens (primary N) is 1. The molecule has 0 saturated carbocycles. The number of nitrogens with zero attached hydrogens (tertiary/aromatic N) is 3. The molecule has 1 aliphatic rings. The fraction of sp³-hybridized carbons (Fsp3) is 0.545. The number of hydrogen-bond acceptors (Lipinski definition) is 3. The topological polar surface area (TPSA) is 71.1 Å². The van der Waals surface area contributed by atoms with Crippen molar-refractivity contribution in [2.75, 3.05) is 14.1 Å². The van der Waals surface area contributed by atoms with E-state index in [9.17, 15) is 4.79 Å². The van der Waals surface area contributed by atoms with Crippen LogP contribution in [0.15, 0.2) is 10.3 Å². The molecule has 1 amide bonds. The van der Waals surface area contributed by atoms with E-state index >= 15 is 0 Å². The van der Waals surface area contributed by atoms with Crippen LogP contribution in [-0.2, 0) is 12.8 Å². The molecule has 92 valence electrons. The number of amides is 1. The predicted octanol–water partition coefficient (Wildman–Crippen LogP) is 1.28. The Bertz CT molecular complexity index is 464. The molecule has 0 atom stereocenters. The quantitative estimate of drug-likeness (QED) is 0.519. The van der Waals surface area contributed by atoms with Crippen molar-refractivity contribution in [1.29, 1.82) is 0 Å². The van der Waals surface area contributed by atoms with Gasteiger partial charge in [0.2, 0.25) is 0 Å². The maximum atomic E-state index is 11.4. The average molecular weight is 299 g/mol. The van der Waals surface area contributed by atoms with E-state index in [1.54, 1.807) is 5.01 Å². The van der Waals surface area contributed by atoms with E-state index in [4.69, 9.17) is 5.73 Å².